The van der Waals surface area contributed by atoms with E-state index in [0.717, 1.165) is 6.42 Å². The van der Waals surface area contributed by atoms with Crippen LogP contribution in [0.4, 0.5) is 10.1 Å². The van der Waals surface area contributed by atoms with Crippen LogP contribution in [-0.2, 0) is 4.79 Å². The van der Waals surface area contributed by atoms with Gasteiger partial charge in [0.1, 0.15) is 10.8 Å². The molecule has 0 radical (unpaired) electrons. The predicted octanol–water partition coefficient (Wildman–Crippen LogP) is 2.83. The van der Waals surface area contributed by atoms with Gasteiger partial charge in [-0.05, 0) is 24.5 Å². The molecule has 0 aliphatic rings. The molecule has 3 N–H and O–H groups in total. The highest BCUT2D eigenvalue weighted by Gasteiger charge is 2.13. The molecule has 0 aromatic heterocycles. The van der Waals surface area contributed by atoms with Gasteiger partial charge in [0.05, 0.1) is 11.3 Å². The second-order valence-electron chi connectivity index (χ2n) is 4.51. The van der Waals surface area contributed by atoms with Crippen LogP contribution in [0.25, 0.3) is 0 Å². The summed E-state index contributed by atoms with van der Waals surface area (Å²) in [5, 5.41) is 2.64. The monoisotopic (exact) mass is 268 g/mol. The molecule has 1 aromatic rings. The van der Waals surface area contributed by atoms with Crippen molar-refractivity contribution >= 4 is 28.8 Å². The topological polar surface area (TPSA) is 55.1 Å². The molecule has 0 aliphatic heterocycles. The number of anilines is 1. The molecule has 1 amide bonds. The number of nitrogens with two attached hydrogens (primary N) is 1. The second kappa shape index (κ2) is 6.44. The fraction of sp³-hybridized carbons (Fsp3) is 0.385. The number of carbonyl (C=O) groups is 1. The van der Waals surface area contributed by atoms with Crippen LogP contribution in [0.2, 0.25) is 0 Å². The molecule has 0 heterocycles. The average molecular weight is 268 g/mol. The molecule has 0 saturated heterocycles. The van der Waals surface area contributed by atoms with E-state index in [-0.39, 0.29) is 16.5 Å². The first-order valence-electron chi connectivity index (χ1n) is 5.80. The summed E-state index contributed by atoms with van der Waals surface area (Å²) in [5.41, 5.74) is 5.87. The van der Waals surface area contributed by atoms with Crippen molar-refractivity contribution in [3.63, 3.8) is 0 Å². The van der Waals surface area contributed by atoms with Crippen LogP contribution in [0, 0.1) is 11.7 Å². The maximum atomic E-state index is 13.5. The van der Waals surface area contributed by atoms with Gasteiger partial charge < -0.3 is 11.1 Å². The smallest absolute Gasteiger partial charge is 0.224 e. The fourth-order valence-electron chi connectivity index (χ4n) is 1.51. The van der Waals surface area contributed by atoms with Crippen LogP contribution in [0.1, 0.15) is 32.3 Å². The number of amides is 1. The van der Waals surface area contributed by atoms with E-state index in [0.29, 0.717) is 18.0 Å². The molecular weight excluding hydrogens is 251 g/mol. The van der Waals surface area contributed by atoms with Crippen molar-refractivity contribution in [1.82, 2.24) is 0 Å². The Labute approximate surface area is 112 Å². The molecule has 3 nitrogen and oxygen atoms in total. The Kier molecular flexibility index (Phi) is 5.22. The maximum absolute atomic E-state index is 13.5. The number of hydrogen-bond donors (Lipinski definition) is 2. The molecule has 18 heavy (non-hydrogen) atoms. The van der Waals surface area contributed by atoms with Gasteiger partial charge in [-0.1, -0.05) is 32.1 Å². The lowest BCUT2D eigenvalue weighted by molar-refractivity contribution is -0.116. The quantitative estimate of drug-likeness (QED) is 0.807. The first-order valence-corrected chi connectivity index (χ1v) is 6.20. The van der Waals surface area contributed by atoms with Gasteiger partial charge >= 0.3 is 0 Å². The number of hydrogen-bond acceptors (Lipinski definition) is 2. The van der Waals surface area contributed by atoms with E-state index in [1.54, 1.807) is 6.07 Å². The Morgan fingerprint density at radius 1 is 1.50 bits per heavy atom. The van der Waals surface area contributed by atoms with E-state index < -0.39 is 5.82 Å². The summed E-state index contributed by atoms with van der Waals surface area (Å²) in [6.45, 7) is 4.08. The summed E-state index contributed by atoms with van der Waals surface area (Å²) in [6, 6.07) is 4.36. The molecule has 0 aliphatic carbocycles. The minimum Gasteiger partial charge on any atom is -0.389 e. The van der Waals surface area contributed by atoms with Crippen LogP contribution in [0.5, 0.6) is 0 Å². The molecule has 1 rings (SSSR count). The number of benzene rings is 1. The lowest BCUT2D eigenvalue weighted by Crippen LogP contribution is -2.19. The van der Waals surface area contributed by atoms with Crippen molar-refractivity contribution in [2.24, 2.45) is 11.7 Å². The molecule has 0 atom stereocenters. The largest absolute Gasteiger partial charge is 0.389 e. The van der Waals surface area contributed by atoms with Gasteiger partial charge in [-0.3, -0.25) is 4.79 Å². The molecule has 5 heteroatoms. The van der Waals surface area contributed by atoms with Gasteiger partial charge in [0.25, 0.3) is 0 Å². The van der Waals surface area contributed by atoms with Gasteiger partial charge in [0.2, 0.25) is 5.91 Å². The van der Waals surface area contributed by atoms with E-state index in [1.807, 2.05) is 13.8 Å². The highest BCUT2D eigenvalue weighted by Crippen LogP contribution is 2.19. The molecule has 1 aromatic carbocycles. The lowest BCUT2D eigenvalue weighted by Gasteiger charge is -2.11. The van der Waals surface area contributed by atoms with E-state index in [4.69, 9.17) is 18.0 Å². The standard InChI is InChI=1S/C13H17FN2OS/c1-8(2)6-7-11(17)16-10-5-3-4-9(14)12(10)13(15)18/h3-5,8H,6-7H2,1-2H3,(H2,15,18)(H,16,17). The zero-order valence-electron chi connectivity index (χ0n) is 10.5. The Bertz CT molecular complexity index is 460. The number of halogens is 1. The van der Waals surface area contributed by atoms with Gasteiger partial charge in [0, 0.05) is 6.42 Å². The zero-order chi connectivity index (χ0) is 13.7. The third kappa shape index (κ3) is 4.07. The van der Waals surface area contributed by atoms with Crippen LogP contribution < -0.4 is 11.1 Å². The Hall–Kier alpha value is -1.49. The molecular formula is C13H17FN2OS. The highest BCUT2D eigenvalue weighted by molar-refractivity contribution is 7.80. The molecule has 0 saturated carbocycles. The van der Waals surface area contributed by atoms with Crippen LogP contribution in [-0.4, -0.2) is 10.9 Å². The summed E-state index contributed by atoms with van der Waals surface area (Å²) >= 11 is 4.78. The highest BCUT2D eigenvalue weighted by atomic mass is 32.1. The first kappa shape index (κ1) is 14.6. The number of rotatable bonds is 5. The lowest BCUT2D eigenvalue weighted by atomic mass is 10.1. The zero-order valence-corrected chi connectivity index (χ0v) is 11.3. The maximum Gasteiger partial charge on any atom is 0.224 e. The van der Waals surface area contributed by atoms with Crippen molar-refractivity contribution in [1.29, 1.82) is 0 Å². The third-order valence-electron chi connectivity index (χ3n) is 2.48. The summed E-state index contributed by atoms with van der Waals surface area (Å²) in [6.07, 6.45) is 1.18. The Morgan fingerprint density at radius 2 is 2.17 bits per heavy atom. The van der Waals surface area contributed by atoms with E-state index >= 15 is 0 Å². The van der Waals surface area contributed by atoms with Gasteiger partial charge in [0.15, 0.2) is 0 Å². The van der Waals surface area contributed by atoms with E-state index in [2.05, 4.69) is 5.32 Å². The van der Waals surface area contributed by atoms with Crippen LogP contribution in [0.15, 0.2) is 18.2 Å². The Morgan fingerprint density at radius 3 is 2.72 bits per heavy atom. The third-order valence-corrected chi connectivity index (χ3v) is 2.69. The molecule has 0 spiro atoms. The average Bonchev–Trinajstić information content (AvgIpc) is 2.26. The first-order chi connectivity index (χ1) is 8.41. The van der Waals surface area contributed by atoms with Gasteiger partial charge in [-0.25, -0.2) is 4.39 Å². The summed E-state index contributed by atoms with van der Waals surface area (Å²) in [7, 11) is 0. The van der Waals surface area contributed by atoms with Gasteiger partial charge in [-0.2, -0.15) is 0 Å². The summed E-state index contributed by atoms with van der Waals surface area (Å²) in [4.78, 5) is 11.6. The molecule has 98 valence electrons. The van der Waals surface area contributed by atoms with Crippen molar-refractivity contribution < 1.29 is 9.18 Å². The van der Waals surface area contributed by atoms with Crippen molar-refractivity contribution in [2.75, 3.05) is 5.32 Å². The number of thiocarbonyl (C=S) groups is 1. The van der Waals surface area contributed by atoms with Crippen molar-refractivity contribution in [3.05, 3.63) is 29.6 Å². The van der Waals surface area contributed by atoms with Crippen LogP contribution >= 0.6 is 12.2 Å². The number of nitrogens with one attached hydrogen (secondary N) is 1. The molecule has 0 bridgehead atoms. The van der Waals surface area contributed by atoms with Gasteiger partial charge in [-0.15, -0.1) is 0 Å². The molecule has 0 fully saturated rings. The minimum atomic E-state index is -0.524. The normalized spacial score (nSPS) is 10.4. The van der Waals surface area contributed by atoms with E-state index in [1.165, 1.54) is 12.1 Å². The SMILES string of the molecule is CC(C)CCC(=O)Nc1cccc(F)c1C(N)=S. The molecule has 0 unspecified atom stereocenters. The van der Waals surface area contributed by atoms with E-state index in [9.17, 15) is 9.18 Å². The van der Waals surface area contributed by atoms with Crippen molar-refractivity contribution in [3.8, 4) is 0 Å². The fourth-order valence-corrected chi connectivity index (χ4v) is 1.72. The van der Waals surface area contributed by atoms with Crippen molar-refractivity contribution in [2.45, 2.75) is 26.7 Å². The predicted molar refractivity (Wildman–Crippen MR) is 75.0 cm³/mol. The van der Waals surface area contributed by atoms with Crippen LogP contribution in [0.3, 0.4) is 0 Å². The minimum absolute atomic E-state index is 0.0627. The summed E-state index contributed by atoms with van der Waals surface area (Å²) in [5.74, 6) is -0.241. The second-order valence-corrected chi connectivity index (χ2v) is 4.95. The summed E-state index contributed by atoms with van der Waals surface area (Å²) < 4.78 is 13.5. The number of carbonyl (C=O) groups excluding carboxylic acids is 1. The Balaban J connectivity index is 2.81.